The van der Waals surface area contributed by atoms with Crippen LogP contribution in [0, 0.1) is 6.92 Å². The number of carbonyl (C=O) groups is 1. The zero-order chi connectivity index (χ0) is 21.6. The number of carbonyl (C=O) groups excluding carboxylic acids is 1. The number of aryl methyl sites for hydroxylation is 1. The standard InChI is InChI=1S/C23H21N5O3/c1-16-15-19(30-2)9-10-20(16)25-23(29)24-17-5-7-18(8-6-17)31-22-12-11-21(26-27-22)28-13-3-4-14-28/h3-15H,1-2H3,(H2,24,25,29). The molecule has 0 aliphatic heterocycles. The zero-order valence-electron chi connectivity index (χ0n) is 17.1. The molecule has 8 nitrogen and oxygen atoms in total. The maximum absolute atomic E-state index is 12.3. The molecular weight excluding hydrogens is 394 g/mol. The van der Waals surface area contributed by atoms with E-state index in [2.05, 4.69) is 20.8 Å². The fourth-order valence-electron chi connectivity index (χ4n) is 2.91. The number of rotatable bonds is 6. The van der Waals surface area contributed by atoms with Gasteiger partial charge in [0.05, 0.1) is 7.11 Å². The van der Waals surface area contributed by atoms with Crippen LogP contribution in [0.4, 0.5) is 16.2 Å². The quantitative estimate of drug-likeness (QED) is 0.461. The van der Waals surface area contributed by atoms with Gasteiger partial charge in [0, 0.05) is 29.8 Å². The third-order valence-corrected chi connectivity index (χ3v) is 4.51. The zero-order valence-corrected chi connectivity index (χ0v) is 17.1. The SMILES string of the molecule is COc1ccc(NC(=O)Nc2ccc(Oc3ccc(-n4cccc4)nn3)cc2)c(C)c1. The molecular formula is C23H21N5O3. The van der Waals surface area contributed by atoms with Crippen molar-refractivity contribution in [1.82, 2.24) is 14.8 Å². The Morgan fingerprint density at radius 2 is 1.65 bits per heavy atom. The molecule has 2 aromatic heterocycles. The average Bonchev–Trinajstić information content (AvgIpc) is 3.32. The largest absolute Gasteiger partial charge is 0.497 e. The monoisotopic (exact) mass is 415 g/mol. The molecule has 0 radical (unpaired) electrons. The van der Waals surface area contributed by atoms with Crippen molar-refractivity contribution in [2.75, 3.05) is 17.7 Å². The molecule has 0 aliphatic rings. The van der Waals surface area contributed by atoms with Crippen molar-refractivity contribution in [3.05, 3.63) is 84.7 Å². The van der Waals surface area contributed by atoms with Gasteiger partial charge < -0.3 is 24.7 Å². The molecule has 2 amide bonds. The molecule has 31 heavy (non-hydrogen) atoms. The number of hydrogen-bond acceptors (Lipinski definition) is 5. The highest BCUT2D eigenvalue weighted by Gasteiger charge is 2.07. The van der Waals surface area contributed by atoms with E-state index in [1.54, 1.807) is 49.6 Å². The lowest BCUT2D eigenvalue weighted by atomic mass is 10.2. The van der Waals surface area contributed by atoms with Crippen LogP contribution in [0.5, 0.6) is 17.4 Å². The normalized spacial score (nSPS) is 10.4. The highest BCUT2D eigenvalue weighted by atomic mass is 16.5. The minimum Gasteiger partial charge on any atom is -0.497 e. The summed E-state index contributed by atoms with van der Waals surface area (Å²) in [5, 5.41) is 13.9. The van der Waals surface area contributed by atoms with Gasteiger partial charge in [-0.05, 0) is 73.2 Å². The van der Waals surface area contributed by atoms with E-state index in [1.165, 1.54) is 0 Å². The lowest BCUT2D eigenvalue weighted by Crippen LogP contribution is -2.19. The van der Waals surface area contributed by atoms with E-state index >= 15 is 0 Å². The first kappa shape index (κ1) is 20.0. The average molecular weight is 415 g/mol. The predicted molar refractivity (Wildman–Crippen MR) is 118 cm³/mol. The van der Waals surface area contributed by atoms with Gasteiger partial charge in [-0.3, -0.25) is 0 Å². The molecule has 0 fully saturated rings. The Hall–Kier alpha value is -4.33. The fourth-order valence-corrected chi connectivity index (χ4v) is 2.91. The van der Waals surface area contributed by atoms with Gasteiger partial charge in [0.1, 0.15) is 11.5 Å². The molecule has 2 aromatic carbocycles. The summed E-state index contributed by atoms with van der Waals surface area (Å²) < 4.78 is 12.8. The van der Waals surface area contributed by atoms with Gasteiger partial charge >= 0.3 is 6.03 Å². The van der Waals surface area contributed by atoms with Crippen LogP contribution in [0.3, 0.4) is 0 Å². The Morgan fingerprint density at radius 3 is 2.29 bits per heavy atom. The van der Waals surface area contributed by atoms with Crippen LogP contribution in [0.15, 0.2) is 79.1 Å². The minimum absolute atomic E-state index is 0.339. The van der Waals surface area contributed by atoms with E-state index in [4.69, 9.17) is 9.47 Å². The van der Waals surface area contributed by atoms with Gasteiger partial charge in [0.15, 0.2) is 5.82 Å². The van der Waals surface area contributed by atoms with Crippen molar-refractivity contribution >= 4 is 17.4 Å². The minimum atomic E-state index is -0.339. The molecule has 156 valence electrons. The number of benzene rings is 2. The number of nitrogens with zero attached hydrogens (tertiary/aromatic N) is 3. The number of ether oxygens (including phenoxy) is 2. The molecule has 0 spiro atoms. The number of methoxy groups -OCH3 is 1. The smallest absolute Gasteiger partial charge is 0.323 e. The Balaban J connectivity index is 1.34. The number of aromatic nitrogens is 3. The van der Waals surface area contributed by atoms with Crippen LogP contribution in [0.2, 0.25) is 0 Å². The molecule has 0 aliphatic carbocycles. The van der Waals surface area contributed by atoms with Gasteiger partial charge in [0.25, 0.3) is 0 Å². The summed E-state index contributed by atoms with van der Waals surface area (Å²) in [5.74, 6) is 2.41. The molecule has 0 bridgehead atoms. The van der Waals surface area contributed by atoms with E-state index < -0.39 is 0 Å². The Morgan fingerprint density at radius 1 is 0.903 bits per heavy atom. The lowest BCUT2D eigenvalue weighted by molar-refractivity contribution is 0.262. The summed E-state index contributed by atoms with van der Waals surface area (Å²) in [7, 11) is 1.60. The second-order valence-electron chi connectivity index (χ2n) is 6.71. The van der Waals surface area contributed by atoms with Gasteiger partial charge in [-0.1, -0.05) is 0 Å². The highest BCUT2D eigenvalue weighted by molar-refractivity contribution is 6.00. The maximum atomic E-state index is 12.3. The number of urea groups is 1. The Labute approximate surface area is 179 Å². The topological polar surface area (TPSA) is 90.3 Å². The second kappa shape index (κ2) is 9.00. The Bertz CT molecular complexity index is 1160. The summed E-state index contributed by atoms with van der Waals surface area (Å²) in [6.07, 6.45) is 3.78. The summed E-state index contributed by atoms with van der Waals surface area (Å²) >= 11 is 0. The molecule has 4 rings (SSSR count). The molecule has 8 heteroatoms. The van der Waals surface area contributed by atoms with Gasteiger partial charge in [-0.25, -0.2) is 4.79 Å². The summed E-state index contributed by atoms with van der Waals surface area (Å²) in [5.41, 5.74) is 2.24. The van der Waals surface area contributed by atoms with Crippen molar-refractivity contribution < 1.29 is 14.3 Å². The molecule has 4 aromatic rings. The summed E-state index contributed by atoms with van der Waals surface area (Å²) in [6.45, 7) is 1.90. The van der Waals surface area contributed by atoms with Gasteiger partial charge in [0.2, 0.25) is 5.88 Å². The van der Waals surface area contributed by atoms with Crippen LogP contribution >= 0.6 is 0 Å². The summed E-state index contributed by atoms with van der Waals surface area (Å²) in [4.78, 5) is 12.3. The first-order valence-corrected chi connectivity index (χ1v) is 9.58. The number of amides is 2. The molecule has 0 saturated heterocycles. The van der Waals surface area contributed by atoms with Crippen molar-refractivity contribution in [2.24, 2.45) is 0 Å². The number of anilines is 2. The second-order valence-corrected chi connectivity index (χ2v) is 6.71. The summed E-state index contributed by atoms with van der Waals surface area (Å²) in [6, 6.07) is 19.5. The van der Waals surface area contributed by atoms with Gasteiger partial charge in [-0.15, -0.1) is 10.2 Å². The Kier molecular flexibility index (Phi) is 5.79. The maximum Gasteiger partial charge on any atom is 0.323 e. The van der Waals surface area contributed by atoms with Crippen LogP contribution in [0.25, 0.3) is 5.82 Å². The van der Waals surface area contributed by atoms with Crippen LogP contribution in [-0.4, -0.2) is 27.9 Å². The third-order valence-electron chi connectivity index (χ3n) is 4.51. The van der Waals surface area contributed by atoms with Crippen LogP contribution in [0.1, 0.15) is 5.56 Å². The molecule has 0 saturated carbocycles. The lowest BCUT2D eigenvalue weighted by Gasteiger charge is -2.11. The van der Waals surface area contributed by atoms with E-state index in [1.807, 2.05) is 48.1 Å². The molecule has 0 unspecified atom stereocenters. The number of hydrogen-bond donors (Lipinski definition) is 2. The molecule has 0 atom stereocenters. The molecule has 2 heterocycles. The number of nitrogens with one attached hydrogen (secondary N) is 2. The fraction of sp³-hybridized carbons (Fsp3) is 0.0870. The van der Waals surface area contributed by atoms with Crippen molar-refractivity contribution in [3.8, 4) is 23.2 Å². The molecule has 2 N–H and O–H groups in total. The van der Waals surface area contributed by atoms with E-state index in [0.29, 0.717) is 28.8 Å². The van der Waals surface area contributed by atoms with Crippen LogP contribution in [-0.2, 0) is 0 Å². The first-order valence-electron chi connectivity index (χ1n) is 9.58. The predicted octanol–water partition coefficient (Wildman–Crippen LogP) is 5.02. The van der Waals surface area contributed by atoms with Crippen molar-refractivity contribution in [3.63, 3.8) is 0 Å². The van der Waals surface area contributed by atoms with E-state index in [-0.39, 0.29) is 6.03 Å². The van der Waals surface area contributed by atoms with Gasteiger partial charge in [-0.2, -0.15) is 0 Å². The highest BCUT2D eigenvalue weighted by Crippen LogP contribution is 2.23. The van der Waals surface area contributed by atoms with Crippen molar-refractivity contribution in [2.45, 2.75) is 6.92 Å². The van der Waals surface area contributed by atoms with Crippen LogP contribution < -0.4 is 20.1 Å². The van der Waals surface area contributed by atoms with E-state index in [9.17, 15) is 4.79 Å². The third kappa shape index (κ3) is 4.99. The van der Waals surface area contributed by atoms with Crippen molar-refractivity contribution in [1.29, 1.82) is 0 Å². The first-order chi connectivity index (χ1) is 15.1. The van der Waals surface area contributed by atoms with E-state index in [0.717, 1.165) is 11.3 Å².